The highest BCUT2D eigenvalue weighted by Crippen LogP contribution is 2.46. The Labute approximate surface area is 188 Å². The second-order valence-corrected chi connectivity index (χ2v) is 9.04. The molecule has 0 radical (unpaired) electrons. The van der Waals surface area contributed by atoms with E-state index in [0.717, 1.165) is 22.7 Å². The maximum Gasteiger partial charge on any atom is 0.233 e. The third kappa shape index (κ3) is 3.48. The Bertz CT molecular complexity index is 1050. The number of rotatable bonds is 6. The number of nitrogens with zero attached hydrogens (tertiary/aromatic N) is 2. The quantitative estimate of drug-likeness (QED) is 0.634. The standard InChI is InChI=1S/C24H31N5O3/c1-15-7-6-12-29-20(15)27-21(24(29,3)28-19(30)10-11-25-4)23(2)14-16-8-9-17(32-5)13-18(16)26-22(23)31/h6-9,12-13,21,25H,10-11,14H2,1-5H3,(H,26,31)(H,28,30). The Balaban J connectivity index is 1.74. The van der Waals surface area contributed by atoms with Gasteiger partial charge in [0.2, 0.25) is 11.8 Å². The lowest BCUT2D eigenvalue weighted by atomic mass is 9.69. The highest BCUT2D eigenvalue weighted by molar-refractivity contribution is 6.04. The molecule has 0 saturated carbocycles. The van der Waals surface area contributed by atoms with Crippen LogP contribution in [0.4, 0.5) is 5.69 Å². The number of amidine groups is 1. The van der Waals surface area contributed by atoms with Gasteiger partial charge in [-0.2, -0.15) is 0 Å². The molecule has 3 N–H and O–H groups in total. The van der Waals surface area contributed by atoms with Crippen LogP contribution in [-0.4, -0.2) is 55.0 Å². The van der Waals surface area contributed by atoms with E-state index in [0.29, 0.717) is 25.1 Å². The van der Waals surface area contributed by atoms with E-state index in [1.54, 1.807) is 7.11 Å². The summed E-state index contributed by atoms with van der Waals surface area (Å²) >= 11 is 0. The zero-order valence-corrected chi connectivity index (χ0v) is 19.3. The van der Waals surface area contributed by atoms with E-state index in [2.05, 4.69) is 16.0 Å². The summed E-state index contributed by atoms with van der Waals surface area (Å²) in [6.07, 6.45) is 6.70. The van der Waals surface area contributed by atoms with Gasteiger partial charge < -0.3 is 25.6 Å². The Hall–Kier alpha value is -3.13. The number of carbonyl (C=O) groups is 2. The fraction of sp³-hybridized carbons (Fsp3) is 0.458. The minimum Gasteiger partial charge on any atom is -0.497 e. The Morgan fingerprint density at radius 2 is 2.16 bits per heavy atom. The summed E-state index contributed by atoms with van der Waals surface area (Å²) in [7, 11) is 3.42. The molecule has 8 heteroatoms. The first-order valence-corrected chi connectivity index (χ1v) is 10.9. The third-order valence-electron chi connectivity index (χ3n) is 6.69. The Morgan fingerprint density at radius 3 is 2.88 bits per heavy atom. The van der Waals surface area contributed by atoms with E-state index in [9.17, 15) is 9.59 Å². The second kappa shape index (κ2) is 8.09. The van der Waals surface area contributed by atoms with Crippen molar-refractivity contribution in [2.45, 2.75) is 45.3 Å². The molecule has 0 aliphatic carbocycles. The third-order valence-corrected chi connectivity index (χ3v) is 6.69. The summed E-state index contributed by atoms with van der Waals surface area (Å²) in [5, 5.41) is 9.27. The number of hydrogen-bond acceptors (Lipinski definition) is 6. The first-order valence-electron chi connectivity index (χ1n) is 10.9. The maximum atomic E-state index is 13.5. The molecule has 3 aliphatic rings. The number of benzene rings is 1. The largest absolute Gasteiger partial charge is 0.497 e. The van der Waals surface area contributed by atoms with Gasteiger partial charge in [0.1, 0.15) is 23.3 Å². The number of anilines is 1. The van der Waals surface area contributed by atoms with Crippen LogP contribution >= 0.6 is 0 Å². The van der Waals surface area contributed by atoms with Crippen LogP contribution in [0.2, 0.25) is 0 Å². The molecule has 0 spiro atoms. The van der Waals surface area contributed by atoms with Crippen molar-refractivity contribution in [1.82, 2.24) is 15.5 Å². The van der Waals surface area contributed by atoms with Gasteiger partial charge in [-0.3, -0.25) is 14.6 Å². The number of amides is 2. The molecule has 4 rings (SSSR count). The molecule has 0 fully saturated rings. The number of methoxy groups -OCH3 is 1. The lowest BCUT2D eigenvalue weighted by molar-refractivity contribution is -0.131. The van der Waals surface area contributed by atoms with Crippen molar-refractivity contribution in [3.63, 3.8) is 0 Å². The highest BCUT2D eigenvalue weighted by Gasteiger charge is 2.59. The number of nitrogens with one attached hydrogen (secondary N) is 3. The van der Waals surface area contributed by atoms with Gasteiger partial charge in [-0.15, -0.1) is 0 Å². The van der Waals surface area contributed by atoms with Crippen molar-refractivity contribution in [2.24, 2.45) is 10.4 Å². The van der Waals surface area contributed by atoms with Crippen molar-refractivity contribution < 1.29 is 14.3 Å². The SMILES string of the molecule is CNCCC(=O)NC1(C)C(C2(C)Cc3ccc(OC)cc3NC2=O)N=C2C(C)=CC=CN21. The smallest absolute Gasteiger partial charge is 0.233 e. The molecule has 32 heavy (non-hydrogen) atoms. The maximum absolute atomic E-state index is 13.5. The molecule has 3 atom stereocenters. The van der Waals surface area contributed by atoms with Crippen LogP contribution in [0.3, 0.4) is 0 Å². The predicted molar refractivity (Wildman–Crippen MR) is 124 cm³/mol. The number of carbonyl (C=O) groups excluding carboxylic acids is 2. The van der Waals surface area contributed by atoms with Crippen molar-refractivity contribution in [3.8, 4) is 5.75 Å². The van der Waals surface area contributed by atoms with Crippen LogP contribution in [0.1, 0.15) is 32.8 Å². The molecule has 170 valence electrons. The Kier molecular flexibility index (Phi) is 5.58. The van der Waals surface area contributed by atoms with E-state index >= 15 is 0 Å². The summed E-state index contributed by atoms with van der Waals surface area (Å²) in [5.74, 6) is 1.27. The van der Waals surface area contributed by atoms with Gasteiger partial charge >= 0.3 is 0 Å². The van der Waals surface area contributed by atoms with E-state index in [1.165, 1.54) is 0 Å². The van der Waals surface area contributed by atoms with Crippen LogP contribution in [-0.2, 0) is 16.0 Å². The summed E-state index contributed by atoms with van der Waals surface area (Å²) in [6, 6.07) is 5.22. The fourth-order valence-electron chi connectivity index (χ4n) is 4.92. The van der Waals surface area contributed by atoms with E-state index in [-0.39, 0.29) is 11.8 Å². The second-order valence-electron chi connectivity index (χ2n) is 9.04. The van der Waals surface area contributed by atoms with Gasteiger partial charge in [0.15, 0.2) is 0 Å². The summed E-state index contributed by atoms with van der Waals surface area (Å²) in [6.45, 7) is 6.45. The zero-order chi connectivity index (χ0) is 23.1. The van der Waals surface area contributed by atoms with Crippen molar-refractivity contribution >= 4 is 23.3 Å². The summed E-state index contributed by atoms with van der Waals surface area (Å²) in [5.41, 5.74) is 1.01. The molecule has 1 aromatic rings. The minimum absolute atomic E-state index is 0.0890. The normalized spacial score (nSPS) is 28.3. The monoisotopic (exact) mass is 437 g/mol. The van der Waals surface area contributed by atoms with E-state index in [4.69, 9.17) is 9.73 Å². The molecular weight excluding hydrogens is 406 g/mol. The highest BCUT2D eigenvalue weighted by atomic mass is 16.5. The molecule has 0 aromatic heterocycles. The van der Waals surface area contributed by atoms with Crippen molar-refractivity contribution in [2.75, 3.05) is 26.0 Å². The van der Waals surface area contributed by atoms with Crippen LogP contribution in [0, 0.1) is 5.41 Å². The van der Waals surface area contributed by atoms with Crippen LogP contribution in [0.5, 0.6) is 5.75 Å². The summed E-state index contributed by atoms with van der Waals surface area (Å²) < 4.78 is 5.31. The number of ether oxygens (including phenoxy) is 1. The van der Waals surface area contributed by atoms with Crippen molar-refractivity contribution in [3.05, 3.63) is 47.7 Å². The molecule has 2 amide bonds. The van der Waals surface area contributed by atoms with E-state index in [1.807, 2.05) is 69.3 Å². The van der Waals surface area contributed by atoms with Crippen LogP contribution in [0.25, 0.3) is 0 Å². The van der Waals surface area contributed by atoms with Crippen molar-refractivity contribution in [1.29, 1.82) is 0 Å². The van der Waals surface area contributed by atoms with Crippen LogP contribution < -0.4 is 20.7 Å². The minimum atomic E-state index is -0.887. The average Bonchev–Trinajstić information content (AvgIpc) is 3.07. The summed E-state index contributed by atoms with van der Waals surface area (Å²) in [4.78, 5) is 33.4. The number of allylic oxidation sites excluding steroid dienone is 2. The van der Waals surface area contributed by atoms with Gasteiger partial charge in [-0.1, -0.05) is 12.1 Å². The molecule has 0 saturated heterocycles. The predicted octanol–water partition coefficient (Wildman–Crippen LogP) is 2.19. The zero-order valence-electron chi connectivity index (χ0n) is 19.3. The fourth-order valence-corrected chi connectivity index (χ4v) is 4.92. The molecule has 3 aliphatic heterocycles. The average molecular weight is 438 g/mol. The molecule has 1 aromatic carbocycles. The molecule has 3 heterocycles. The van der Waals surface area contributed by atoms with Gasteiger partial charge in [0, 0.05) is 30.9 Å². The number of aliphatic imine (C=N–C) groups is 1. The topological polar surface area (TPSA) is 95.1 Å². The van der Waals surface area contributed by atoms with Gasteiger partial charge in [-0.05, 0) is 57.5 Å². The molecular formula is C24H31N5O3. The lowest BCUT2D eigenvalue weighted by Gasteiger charge is -2.47. The van der Waals surface area contributed by atoms with Gasteiger partial charge in [0.25, 0.3) is 0 Å². The van der Waals surface area contributed by atoms with Crippen LogP contribution in [0.15, 0.2) is 47.1 Å². The molecule has 3 unspecified atom stereocenters. The van der Waals surface area contributed by atoms with Gasteiger partial charge in [0.05, 0.1) is 12.5 Å². The number of fused-ring (bicyclic) bond motifs is 2. The first kappa shape index (κ1) is 22.1. The molecule has 0 bridgehead atoms. The lowest BCUT2D eigenvalue weighted by Crippen LogP contribution is -2.66. The molecule has 8 nitrogen and oxygen atoms in total. The van der Waals surface area contributed by atoms with Gasteiger partial charge in [-0.25, -0.2) is 0 Å². The Morgan fingerprint density at radius 1 is 1.38 bits per heavy atom. The number of hydrogen-bond donors (Lipinski definition) is 3. The first-order chi connectivity index (χ1) is 15.2. The van der Waals surface area contributed by atoms with E-state index < -0.39 is 17.1 Å².